The lowest BCUT2D eigenvalue weighted by Crippen LogP contribution is -2.42. The van der Waals surface area contributed by atoms with Crippen molar-refractivity contribution in [3.8, 4) is 11.8 Å². The van der Waals surface area contributed by atoms with E-state index in [1.165, 1.54) is 0 Å². The van der Waals surface area contributed by atoms with Gasteiger partial charge in [-0.1, -0.05) is 0 Å². The van der Waals surface area contributed by atoms with Crippen molar-refractivity contribution in [1.82, 2.24) is 9.97 Å². The molecule has 0 saturated heterocycles. The number of alkyl halides is 13. The number of carbonyl (C=O) groups excluding carboxylic acids is 1. The van der Waals surface area contributed by atoms with Crippen LogP contribution in [0.15, 0.2) is 30.3 Å². The van der Waals surface area contributed by atoms with Gasteiger partial charge in [-0.15, -0.1) is 0 Å². The highest BCUT2D eigenvalue weighted by atomic mass is 19.4. The molecule has 1 heterocycles. The Balaban J connectivity index is 2.31. The van der Waals surface area contributed by atoms with Crippen LogP contribution in [0.25, 0.3) is 0 Å². The van der Waals surface area contributed by atoms with Gasteiger partial charge in [0.1, 0.15) is 0 Å². The van der Waals surface area contributed by atoms with E-state index in [4.69, 9.17) is 0 Å². The van der Waals surface area contributed by atoms with E-state index >= 15 is 0 Å². The Kier molecular flexibility index (Phi) is 8.71. The largest absolute Gasteiger partial charge is 0.471 e. The molecule has 0 fully saturated rings. The number of ether oxygens (including phenoxy) is 2. The van der Waals surface area contributed by atoms with Gasteiger partial charge in [-0.05, 0) is 24.3 Å². The summed E-state index contributed by atoms with van der Waals surface area (Å²) in [5.41, 5.74) is -1.26. The zero-order chi connectivity index (χ0) is 30.0. The molecule has 0 atom stereocenters. The summed E-state index contributed by atoms with van der Waals surface area (Å²) in [6.07, 6.45) is -16.9. The lowest BCUT2D eigenvalue weighted by Gasteiger charge is -2.21. The third-order valence-corrected chi connectivity index (χ3v) is 4.42. The number of nitrogens with one attached hydrogen (secondary N) is 1. The Bertz CT molecular complexity index is 1100. The van der Waals surface area contributed by atoms with Crippen LogP contribution in [0.3, 0.4) is 0 Å². The second kappa shape index (κ2) is 10.8. The van der Waals surface area contributed by atoms with Crippen LogP contribution in [0, 0.1) is 0 Å². The fraction of sp³-hybridized carbons (Fsp3) is 0.421. The van der Waals surface area contributed by atoms with Gasteiger partial charge >= 0.3 is 36.4 Å². The number of hydrogen-bond donors (Lipinski definition) is 1. The summed E-state index contributed by atoms with van der Waals surface area (Å²) in [5.74, 6) is -14.6. The normalized spacial score (nSPS) is 13.2. The predicted molar refractivity (Wildman–Crippen MR) is 104 cm³/mol. The van der Waals surface area contributed by atoms with Gasteiger partial charge in [-0.3, -0.25) is 10.2 Å². The van der Waals surface area contributed by atoms with Crippen LogP contribution < -0.4 is 19.7 Å². The Morgan fingerprint density at radius 2 is 1.18 bits per heavy atom. The van der Waals surface area contributed by atoms with E-state index < -0.39 is 72.9 Å². The molecule has 0 aliphatic heterocycles. The molecule has 0 unspecified atom stereocenters. The van der Waals surface area contributed by atoms with Crippen molar-refractivity contribution in [2.75, 3.05) is 30.5 Å². The molecule has 1 aromatic heterocycles. The van der Waals surface area contributed by atoms with Crippen LogP contribution >= 0.6 is 0 Å². The molecule has 0 radical (unpaired) electrons. The van der Waals surface area contributed by atoms with E-state index in [9.17, 15) is 61.9 Å². The smallest absolute Gasteiger partial charge is 0.456 e. The van der Waals surface area contributed by atoms with Crippen LogP contribution in [0.2, 0.25) is 0 Å². The zero-order valence-corrected chi connectivity index (χ0v) is 18.8. The van der Waals surface area contributed by atoms with Crippen molar-refractivity contribution >= 4 is 17.7 Å². The van der Waals surface area contributed by atoms with Crippen LogP contribution in [-0.2, 0) is 6.18 Å². The molecule has 2 aromatic rings. The molecule has 1 N–H and O–H groups in total. The molecular weight excluding hydrogens is 579 g/mol. The van der Waals surface area contributed by atoms with Crippen LogP contribution in [0.5, 0.6) is 11.8 Å². The zero-order valence-electron chi connectivity index (χ0n) is 18.8. The van der Waals surface area contributed by atoms with E-state index in [0.717, 1.165) is 19.2 Å². The molecule has 39 heavy (non-hydrogen) atoms. The Labute approximate surface area is 208 Å². The first-order valence-corrected chi connectivity index (χ1v) is 9.79. The minimum absolute atomic E-state index is 0.181. The van der Waals surface area contributed by atoms with Gasteiger partial charge < -0.3 is 9.47 Å². The lowest BCUT2D eigenvalue weighted by atomic mass is 10.2. The van der Waals surface area contributed by atoms with E-state index in [0.29, 0.717) is 17.0 Å². The molecule has 0 saturated carbocycles. The van der Waals surface area contributed by atoms with Gasteiger partial charge in [0, 0.05) is 12.7 Å². The fourth-order valence-corrected chi connectivity index (χ4v) is 2.27. The molecule has 7 nitrogen and oxygen atoms in total. The van der Waals surface area contributed by atoms with Gasteiger partial charge in [0.2, 0.25) is 17.7 Å². The van der Waals surface area contributed by atoms with Gasteiger partial charge in [-0.25, -0.2) is 4.79 Å². The molecule has 218 valence electrons. The summed E-state index contributed by atoms with van der Waals surface area (Å²) < 4.78 is 173. The van der Waals surface area contributed by atoms with E-state index in [-0.39, 0.29) is 11.8 Å². The lowest BCUT2D eigenvalue weighted by molar-refractivity contribution is -0.290. The summed E-state index contributed by atoms with van der Waals surface area (Å²) in [6, 6.07) is 1.77. The van der Waals surface area contributed by atoms with E-state index in [2.05, 4.69) is 19.4 Å². The minimum Gasteiger partial charge on any atom is -0.471 e. The third kappa shape index (κ3) is 8.12. The topological polar surface area (TPSA) is 76.6 Å². The van der Waals surface area contributed by atoms with Crippen molar-refractivity contribution in [2.24, 2.45) is 0 Å². The van der Waals surface area contributed by atoms with Gasteiger partial charge in [0.05, 0.1) is 11.6 Å². The number of anilines is 2. The first kappa shape index (κ1) is 31.5. The maximum Gasteiger partial charge on any atom is 0.456 e. The first-order valence-electron chi connectivity index (χ1n) is 9.79. The summed E-state index contributed by atoms with van der Waals surface area (Å²) in [7, 11) is 0.990. The number of nitrogens with zero attached hydrogens (tertiary/aromatic N) is 3. The second-order valence-corrected chi connectivity index (χ2v) is 7.38. The van der Waals surface area contributed by atoms with Gasteiger partial charge in [0.25, 0.3) is 0 Å². The van der Waals surface area contributed by atoms with Crippen molar-refractivity contribution in [2.45, 2.75) is 30.4 Å². The summed E-state index contributed by atoms with van der Waals surface area (Å²) >= 11 is 0. The Hall–Kier alpha value is -3.74. The Morgan fingerprint density at radius 1 is 0.769 bits per heavy atom. The SMILES string of the molecule is CN(C(=O)Nc1nc(OCC(F)(F)C(F)(F)F)cc(OCC(F)(F)C(F)(F)F)n1)c1ccc(C(F)(F)F)cc1. The molecule has 0 spiro atoms. The second-order valence-electron chi connectivity index (χ2n) is 7.38. The first-order chi connectivity index (χ1) is 17.5. The summed E-state index contributed by atoms with van der Waals surface area (Å²) in [6.45, 7) is -4.85. The average Bonchev–Trinajstić information content (AvgIpc) is 2.79. The maximum atomic E-state index is 13.2. The van der Waals surface area contributed by atoms with E-state index in [1.54, 1.807) is 5.32 Å². The van der Waals surface area contributed by atoms with Crippen molar-refractivity contribution in [1.29, 1.82) is 0 Å². The number of rotatable bonds is 8. The minimum atomic E-state index is -6.10. The van der Waals surface area contributed by atoms with E-state index in [1.807, 2.05) is 0 Å². The number of benzene rings is 1. The van der Waals surface area contributed by atoms with Crippen molar-refractivity contribution in [3.05, 3.63) is 35.9 Å². The highest BCUT2D eigenvalue weighted by Crippen LogP contribution is 2.37. The Morgan fingerprint density at radius 3 is 1.54 bits per heavy atom. The average molecular weight is 592 g/mol. The summed E-state index contributed by atoms with van der Waals surface area (Å²) in [4.78, 5) is 19.5. The molecule has 0 aliphatic carbocycles. The molecule has 1 aromatic carbocycles. The van der Waals surface area contributed by atoms with Crippen LogP contribution in [0.1, 0.15) is 5.56 Å². The number of aromatic nitrogens is 2. The molecule has 2 amide bonds. The highest BCUT2D eigenvalue weighted by Gasteiger charge is 2.59. The molecular formula is C19H13F13N4O3. The number of halogens is 13. The quantitative estimate of drug-likeness (QED) is 0.364. The fourth-order valence-electron chi connectivity index (χ4n) is 2.27. The molecule has 20 heteroatoms. The predicted octanol–water partition coefficient (Wildman–Crippen LogP) is 6.32. The number of hydrogen-bond acceptors (Lipinski definition) is 5. The third-order valence-electron chi connectivity index (χ3n) is 4.42. The number of urea groups is 1. The standard InChI is InChI=1S/C19H13F13N4O3/c1-36(10-4-2-9(3-5-10)17(24,25)26)14(37)35-13-33-11(38-7-15(20,21)18(27,28)29)6-12(34-13)39-8-16(22,23)19(30,31)32/h2-6H,7-8H2,1H3,(H,33,34,35,37). The van der Waals surface area contributed by atoms with Gasteiger partial charge in [0.15, 0.2) is 13.2 Å². The molecule has 0 aliphatic rings. The molecule has 2 rings (SSSR count). The number of carbonyl (C=O) groups is 1. The summed E-state index contributed by atoms with van der Waals surface area (Å²) in [5, 5.41) is 1.78. The highest BCUT2D eigenvalue weighted by molar-refractivity contribution is 6.00. The van der Waals surface area contributed by atoms with Crippen LogP contribution in [-0.4, -0.2) is 60.5 Å². The van der Waals surface area contributed by atoms with Crippen molar-refractivity contribution in [3.63, 3.8) is 0 Å². The maximum absolute atomic E-state index is 13.2. The van der Waals surface area contributed by atoms with Crippen molar-refractivity contribution < 1.29 is 71.3 Å². The molecule has 0 bridgehead atoms. The number of amides is 2. The van der Waals surface area contributed by atoms with Crippen LogP contribution in [0.4, 0.5) is 73.5 Å². The monoisotopic (exact) mass is 592 g/mol. The van der Waals surface area contributed by atoms with Gasteiger partial charge in [-0.2, -0.15) is 67.0 Å².